The number of benzene rings is 1. The van der Waals surface area contributed by atoms with E-state index in [-0.39, 0.29) is 5.91 Å². The van der Waals surface area contributed by atoms with Crippen LogP contribution in [0.3, 0.4) is 0 Å². The Bertz CT molecular complexity index is 637. The summed E-state index contributed by atoms with van der Waals surface area (Å²) in [5.74, 6) is -1.48. The maximum Gasteiger partial charge on any atom is 0.319 e. The van der Waals surface area contributed by atoms with Crippen LogP contribution in [-0.4, -0.2) is 29.4 Å². The molecule has 6 nitrogen and oxygen atoms in total. The molecule has 2 fully saturated rings. The summed E-state index contributed by atoms with van der Waals surface area (Å²) in [6, 6.07) is 7.00. The van der Waals surface area contributed by atoms with Crippen molar-refractivity contribution in [2.45, 2.75) is 32.1 Å². The summed E-state index contributed by atoms with van der Waals surface area (Å²) in [6.45, 7) is 0.676. The van der Waals surface area contributed by atoms with Gasteiger partial charge in [0.25, 0.3) is 0 Å². The van der Waals surface area contributed by atoms with Gasteiger partial charge in [-0.3, -0.25) is 14.4 Å². The molecule has 0 atom stereocenters. The molecule has 22 heavy (non-hydrogen) atoms. The highest BCUT2D eigenvalue weighted by atomic mass is 16.4. The van der Waals surface area contributed by atoms with Crippen molar-refractivity contribution in [2.24, 2.45) is 5.41 Å². The van der Waals surface area contributed by atoms with Gasteiger partial charge in [-0.2, -0.15) is 0 Å². The molecule has 116 valence electrons. The second-order valence-corrected chi connectivity index (χ2v) is 5.89. The number of hydrogen-bond donors (Lipinski definition) is 2. The average molecular weight is 302 g/mol. The monoisotopic (exact) mass is 302 g/mol. The van der Waals surface area contributed by atoms with Gasteiger partial charge < -0.3 is 15.3 Å². The van der Waals surface area contributed by atoms with Crippen molar-refractivity contribution in [3.05, 3.63) is 24.3 Å². The molecule has 0 unspecified atom stereocenters. The maximum atomic E-state index is 12.1. The van der Waals surface area contributed by atoms with Crippen LogP contribution in [0.4, 0.5) is 11.4 Å². The van der Waals surface area contributed by atoms with Crippen LogP contribution >= 0.6 is 0 Å². The molecular weight excluding hydrogens is 284 g/mol. The van der Waals surface area contributed by atoms with E-state index >= 15 is 0 Å². The van der Waals surface area contributed by atoms with Gasteiger partial charge in [-0.25, -0.2) is 0 Å². The number of rotatable bonds is 4. The first-order chi connectivity index (χ1) is 10.5. The van der Waals surface area contributed by atoms with Crippen molar-refractivity contribution in [1.29, 1.82) is 0 Å². The second kappa shape index (κ2) is 5.44. The highest BCUT2D eigenvalue weighted by molar-refractivity contribution is 6.11. The first-order valence-corrected chi connectivity index (χ1v) is 7.48. The Morgan fingerprint density at radius 1 is 1.23 bits per heavy atom. The lowest BCUT2D eigenvalue weighted by atomic mass is 10.1. The molecule has 2 aliphatic rings. The van der Waals surface area contributed by atoms with E-state index in [2.05, 4.69) is 5.32 Å². The second-order valence-electron chi connectivity index (χ2n) is 5.89. The quantitative estimate of drug-likeness (QED) is 0.833. The lowest BCUT2D eigenvalue weighted by molar-refractivity contribution is -0.147. The molecule has 1 aliphatic heterocycles. The van der Waals surface area contributed by atoms with Crippen LogP contribution in [0.5, 0.6) is 0 Å². The van der Waals surface area contributed by atoms with Gasteiger partial charge >= 0.3 is 5.97 Å². The largest absolute Gasteiger partial charge is 0.480 e. The van der Waals surface area contributed by atoms with Crippen molar-refractivity contribution in [3.8, 4) is 0 Å². The first-order valence-electron chi connectivity index (χ1n) is 7.48. The zero-order valence-corrected chi connectivity index (χ0v) is 12.2. The van der Waals surface area contributed by atoms with Gasteiger partial charge in [0.05, 0.1) is 0 Å². The van der Waals surface area contributed by atoms with E-state index in [0.717, 1.165) is 18.5 Å². The minimum Gasteiger partial charge on any atom is -0.480 e. The minimum atomic E-state index is -1.27. The Morgan fingerprint density at radius 3 is 2.64 bits per heavy atom. The third-order valence-electron chi connectivity index (χ3n) is 4.33. The van der Waals surface area contributed by atoms with Crippen molar-refractivity contribution < 1.29 is 19.5 Å². The molecule has 1 aromatic carbocycles. The Balaban J connectivity index is 1.76. The molecule has 1 aliphatic carbocycles. The number of amides is 2. The predicted octanol–water partition coefficient (Wildman–Crippen LogP) is 2.01. The summed E-state index contributed by atoms with van der Waals surface area (Å²) in [6.07, 6.45) is 3.16. The van der Waals surface area contributed by atoms with Crippen molar-refractivity contribution in [1.82, 2.24) is 0 Å². The molecule has 0 bridgehead atoms. The highest BCUT2D eigenvalue weighted by Crippen LogP contribution is 2.46. The van der Waals surface area contributed by atoms with E-state index in [1.165, 1.54) is 0 Å². The van der Waals surface area contributed by atoms with Crippen LogP contribution in [0.1, 0.15) is 32.1 Å². The molecule has 2 N–H and O–H groups in total. The lowest BCUT2D eigenvalue weighted by Gasteiger charge is -2.27. The number of hydrogen-bond acceptors (Lipinski definition) is 3. The molecule has 6 heteroatoms. The summed E-state index contributed by atoms with van der Waals surface area (Å²) < 4.78 is 0. The number of nitrogens with one attached hydrogen (secondary N) is 1. The first kappa shape index (κ1) is 14.6. The topological polar surface area (TPSA) is 86.7 Å². The molecule has 0 spiro atoms. The average Bonchev–Trinajstić information content (AvgIpc) is 3.30. The Hall–Kier alpha value is -2.37. The van der Waals surface area contributed by atoms with Crippen LogP contribution in [0, 0.1) is 5.41 Å². The summed E-state index contributed by atoms with van der Waals surface area (Å²) >= 11 is 0. The summed E-state index contributed by atoms with van der Waals surface area (Å²) in [7, 11) is 0. The Kier molecular flexibility index (Phi) is 3.60. The molecule has 0 aromatic heterocycles. The Labute approximate surface area is 128 Å². The van der Waals surface area contributed by atoms with E-state index in [4.69, 9.17) is 5.11 Å². The van der Waals surface area contributed by atoms with Crippen LogP contribution in [0.15, 0.2) is 24.3 Å². The van der Waals surface area contributed by atoms with Gasteiger partial charge in [0.15, 0.2) is 0 Å². The number of anilines is 2. The minimum absolute atomic E-state index is 0.0823. The number of aliphatic carboxylic acids is 1. The lowest BCUT2D eigenvalue weighted by Crippen LogP contribution is -2.35. The normalized spacial score (nSPS) is 19.6. The fraction of sp³-hybridized carbons (Fsp3) is 0.438. The smallest absolute Gasteiger partial charge is 0.319 e. The van der Waals surface area contributed by atoms with Gasteiger partial charge in [-0.05, 0) is 43.9 Å². The van der Waals surface area contributed by atoms with Crippen molar-refractivity contribution >= 4 is 29.2 Å². The fourth-order valence-electron chi connectivity index (χ4n) is 2.74. The molecule has 1 saturated carbocycles. The van der Waals surface area contributed by atoms with Gasteiger partial charge in [0.2, 0.25) is 11.8 Å². The van der Waals surface area contributed by atoms with Gasteiger partial charge in [-0.15, -0.1) is 0 Å². The zero-order valence-electron chi connectivity index (χ0n) is 12.2. The number of carboxylic acids is 1. The SMILES string of the molecule is O=C1CCCCN1c1cccc(NC(=O)C2(C(=O)O)CC2)c1. The van der Waals surface area contributed by atoms with Crippen LogP contribution in [0.2, 0.25) is 0 Å². The highest BCUT2D eigenvalue weighted by Gasteiger charge is 2.57. The predicted molar refractivity (Wildman–Crippen MR) is 80.6 cm³/mol. The van der Waals surface area contributed by atoms with Gasteiger partial charge in [0, 0.05) is 24.3 Å². The van der Waals surface area contributed by atoms with Crippen LogP contribution in [-0.2, 0) is 14.4 Å². The summed E-state index contributed by atoms with van der Waals surface area (Å²) in [4.78, 5) is 36.9. The van der Waals surface area contributed by atoms with Crippen molar-refractivity contribution in [2.75, 3.05) is 16.8 Å². The third kappa shape index (κ3) is 2.56. The van der Waals surface area contributed by atoms with Crippen molar-refractivity contribution in [3.63, 3.8) is 0 Å². The third-order valence-corrected chi connectivity index (χ3v) is 4.33. The van der Waals surface area contributed by atoms with E-state index in [0.29, 0.717) is 31.5 Å². The molecule has 1 saturated heterocycles. The standard InChI is InChI=1S/C16H18N2O4/c19-13-6-1-2-9-18(13)12-5-3-4-11(10-12)17-14(20)16(7-8-16)15(21)22/h3-5,10H,1-2,6-9H2,(H,17,20)(H,21,22). The fourth-order valence-corrected chi connectivity index (χ4v) is 2.74. The zero-order chi connectivity index (χ0) is 15.7. The number of carboxylic acid groups (broad SMARTS) is 1. The van der Waals surface area contributed by atoms with E-state index in [1.54, 1.807) is 23.1 Å². The number of piperidine rings is 1. The molecule has 0 radical (unpaired) electrons. The number of carbonyl (C=O) groups is 3. The molecule has 1 aromatic rings. The van der Waals surface area contributed by atoms with Gasteiger partial charge in [-0.1, -0.05) is 6.07 Å². The van der Waals surface area contributed by atoms with Crippen LogP contribution in [0.25, 0.3) is 0 Å². The van der Waals surface area contributed by atoms with Crippen LogP contribution < -0.4 is 10.2 Å². The van der Waals surface area contributed by atoms with E-state index < -0.39 is 17.3 Å². The van der Waals surface area contributed by atoms with E-state index in [1.807, 2.05) is 6.07 Å². The Morgan fingerprint density at radius 2 is 2.00 bits per heavy atom. The molecule has 1 heterocycles. The number of carbonyl (C=O) groups excluding carboxylic acids is 2. The van der Waals surface area contributed by atoms with Gasteiger partial charge in [0.1, 0.15) is 5.41 Å². The summed E-state index contributed by atoms with van der Waals surface area (Å²) in [5.41, 5.74) is -0.00667. The summed E-state index contributed by atoms with van der Waals surface area (Å²) in [5, 5.41) is 11.8. The molecule has 3 rings (SSSR count). The maximum absolute atomic E-state index is 12.1. The molecule has 2 amide bonds. The molecular formula is C16H18N2O4. The van der Waals surface area contributed by atoms with E-state index in [9.17, 15) is 14.4 Å². The number of nitrogens with zero attached hydrogens (tertiary/aromatic N) is 1.